The molecule has 4 aromatic rings. The number of carboxylic acids is 1. The van der Waals surface area contributed by atoms with Crippen LogP contribution in [0, 0.1) is 13.8 Å². The Hall–Kier alpha value is -4.07. The number of benzene rings is 3. The molecule has 14 heteroatoms. The Bertz CT molecular complexity index is 1670. The van der Waals surface area contributed by atoms with Crippen LogP contribution in [-0.2, 0) is 34.3 Å². The van der Waals surface area contributed by atoms with E-state index in [0.717, 1.165) is 16.4 Å². The van der Waals surface area contributed by atoms with Crippen LogP contribution in [-0.4, -0.2) is 35.3 Å². The zero-order valence-electron chi connectivity index (χ0n) is 22.3. The van der Waals surface area contributed by atoms with Crippen LogP contribution in [0.5, 0.6) is 5.75 Å². The first-order chi connectivity index (χ1) is 19.7. The van der Waals surface area contributed by atoms with E-state index in [2.05, 4.69) is 9.71 Å². The summed E-state index contributed by atoms with van der Waals surface area (Å²) in [5.74, 6) is -0.330. The second-order valence-electron chi connectivity index (χ2n) is 9.26. The largest absolute Gasteiger partial charge is 0.487 e. The van der Waals surface area contributed by atoms with Crippen LogP contribution < -0.4 is 9.46 Å². The number of aromatic nitrogens is 1. The fourth-order valence-electron chi connectivity index (χ4n) is 3.86. The van der Waals surface area contributed by atoms with E-state index < -0.39 is 34.5 Å². The number of carboxylic acid groups (broad SMARTS) is 1. The standard InChI is InChI=1S/C28H25ClF3N3O6S/c1-17-13-22(29)9-12-24(17)34-42(38,39)35(15-26(36)37)14-19-3-10-23(11-4-19)40-16-25-18(2)41-27(33-25)20-5-7-21(8-6-20)28(30,31)32/h3-13,34H,14-16H2,1-2H3,(H,36,37). The molecule has 4 rings (SSSR count). The third-order valence-corrected chi connectivity index (χ3v) is 7.74. The average molecular weight is 624 g/mol. The van der Waals surface area contributed by atoms with Gasteiger partial charge in [-0.1, -0.05) is 23.7 Å². The number of carbonyl (C=O) groups is 1. The molecule has 222 valence electrons. The maximum atomic E-state index is 13.0. The van der Waals surface area contributed by atoms with Gasteiger partial charge in [-0.2, -0.15) is 25.9 Å². The van der Waals surface area contributed by atoms with Crippen LogP contribution in [0.1, 0.15) is 28.1 Å². The lowest BCUT2D eigenvalue weighted by Crippen LogP contribution is -2.39. The number of aliphatic carboxylic acids is 1. The molecule has 0 fully saturated rings. The fourth-order valence-corrected chi connectivity index (χ4v) is 5.32. The number of aryl methyl sites for hydroxylation is 2. The molecular formula is C28H25ClF3N3O6S. The van der Waals surface area contributed by atoms with Gasteiger partial charge in [-0.05, 0) is 79.6 Å². The van der Waals surface area contributed by atoms with Crippen molar-refractivity contribution in [2.75, 3.05) is 11.3 Å². The van der Waals surface area contributed by atoms with Crippen LogP contribution in [0.4, 0.5) is 18.9 Å². The van der Waals surface area contributed by atoms with Crippen LogP contribution in [0.2, 0.25) is 5.02 Å². The Balaban J connectivity index is 1.41. The Kier molecular flexibility index (Phi) is 9.14. The number of anilines is 1. The second kappa shape index (κ2) is 12.4. The number of rotatable bonds is 11. The monoisotopic (exact) mass is 623 g/mol. The molecule has 0 saturated heterocycles. The minimum absolute atomic E-state index is 0.000797. The first-order valence-electron chi connectivity index (χ1n) is 12.3. The van der Waals surface area contributed by atoms with E-state index in [9.17, 15) is 31.5 Å². The quantitative estimate of drug-likeness (QED) is 0.197. The van der Waals surface area contributed by atoms with Gasteiger partial charge in [0.25, 0.3) is 0 Å². The van der Waals surface area contributed by atoms with E-state index in [-0.39, 0.29) is 24.7 Å². The van der Waals surface area contributed by atoms with Gasteiger partial charge in [0, 0.05) is 17.1 Å². The number of oxazole rings is 1. The Morgan fingerprint density at radius 3 is 2.33 bits per heavy atom. The summed E-state index contributed by atoms with van der Waals surface area (Å²) in [4.78, 5) is 15.8. The van der Waals surface area contributed by atoms with Gasteiger partial charge >= 0.3 is 22.4 Å². The van der Waals surface area contributed by atoms with Crippen molar-refractivity contribution in [3.05, 3.63) is 99.9 Å². The van der Waals surface area contributed by atoms with Gasteiger partial charge in [0.15, 0.2) is 0 Å². The molecule has 42 heavy (non-hydrogen) atoms. The molecule has 1 aromatic heterocycles. The molecule has 0 aliphatic heterocycles. The Labute approximate surface area is 244 Å². The summed E-state index contributed by atoms with van der Waals surface area (Å²) in [5.41, 5.74) is 1.38. The number of hydrogen-bond donors (Lipinski definition) is 2. The smallest absolute Gasteiger partial charge is 0.416 e. The molecule has 0 unspecified atom stereocenters. The summed E-state index contributed by atoms with van der Waals surface area (Å²) in [7, 11) is -4.24. The first-order valence-corrected chi connectivity index (χ1v) is 14.1. The molecule has 0 atom stereocenters. The van der Waals surface area contributed by atoms with E-state index in [1.807, 2.05) is 0 Å². The number of nitrogens with zero attached hydrogens (tertiary/aromatic N) is 2. The van der Waals surface area contributed by atoms with Crippen molar-refractivity contribution in [3.63, 3.8) is 0 Å². The lowest BCUT2D eigenvalue weighted by atomic mass is 10.1. The van der Waals surface area contributed by atoms with Crippen molar-refractivity contribution in [2.24, 2.45) is 0 Å². The molecule has 0 amide bonds. The van der Waals surface area contributed by atoms with E-state index >= 15 is 0 Å². The van der Waals surface area contributed by atoms with Crippen molar-refractivity contribution in [2.45, 2.75) is 33.2 Å². The summed E-state index contributed by atoms with van der Waals surface area (Å²) in [6.07, 6.45) is -4.45. The molecular weight excluding hydrogens is 599 g/mol. The second-order valence-corrected chi connectivity index (χ2v) is 11.4. The van der Waals surface area contributed by atoms with Crippen LogP contribution in [0.15, 0.2) is 71.1 Å². The normalized spacial score (nSPS) is 12.0. The number of ether oxygens (including phenoxy) is 1. The predicted molar refractivity (Wildman–Crippen MR) is 149 cm³/mol. The molecule has 0 aliphatic carbocycles. The zero-order chi connectivity index (χ0) is 30.7. The number of alkyl halides is 3. The van der Waals surface area contributed by atoms with Gasteiger partial charge in [-0.3, -0.25) is 9.52 Å². The maximum absolute atomic E-state index is 13.0. The summed E-state index contributed by atoms with van der Waals surface area (Å²) in [6.45, 7) is 2.32. The molecule has 0 aliphatic rings. The average Bonchev–Trinajstić information content (AvgIpc) is 3.29. The highest BCUT2D eigenvalue weighted by Crippen LogP contribution is 2.31. The predicted octanol–water partition coefficient (Wildman–Crippen LogP) is 6.45. The van der Waals surface area contributed by atoms with Crippen molar-refractivity contribution in [1.29, 1.82) is 0 Å². The molecule has 9 nitrogen and oxygen atoms in total. The highest BCUT2D eigenvalue weighted by Gasteiger charge is 2.30. The molecule has 0 spiro atoms. The summed E-state index contributed by atoms with van der Waals surface area (Å²) in [5, 5.41) is 9.74. The van der Waals surface area contributed by atoms with Gasteiger partial charge in [-0.25, -0.2) is 4.98 Å². The van der Waals surface area contributed by atoms with Gasteiger partial charge < -0.3 is 14.3 Å². The number of nitrogens with one attached hydrogen (secondary N) is 1. The zero-order valence-corrected chi connectivity index (χ0v) is 23.8. The fraction of sp³-hybridized carbons (Fsp3) is 0.214. The third-order valence-electron chi connectivity index (χ3n) is 6.09. The topological polar surface area (TPSA) is 122 Å². The van der Waals surface area contributed by atoms with Gasteiger partial charge in [-0.15, -0.1) is 0 Å². The van der Waals surface area contributed by atoms with Crippen LogP contribution in [0.25, 0.3) is 11.5 Å². The van der Waals surface area contributed by atoms with Gasteiger partial charge in [0.1, 0.15) is 30.4 Å². The van der Waals surface area contributed by atoms with E-state index in [0.29, 0.717) is 38.9 Å². The molecule has 0 saturated carbocycles. The summed E-state index contributed by atoms with van der Waals surface area (Å²) in [6, 6.07) is 15.4. The van der Waals surface area contributed by atoms with Crippen LogP contribution >= 0.6 is 11.6 Å². The van der Waals surface area contributed by atoms with E-state index in [1.165, 1.54) is 24.3 Å². The summed E-state index contributed by atoms with van der Waals surface area (Å²) >= 11 is 5.93. The van der Waals surface area contributed by atoms with Gasteiger partial charge in [0.2, 0.25) is 5.89 Å². The maximum Gasteiger partial charge on any atom is 0.416 e. The SMILES string of the molecule is Cc1cc(Cl)ccc1NS(=O)(=O)N(CC(=O)O)Cc1ccc(OCc2nc(-c3ccc(C(F)(F)F)cc3)oc2C)cc1. The molecule has 0 bridgehead atoms. The van der Waals surface area contributed by atoms with Crippen LogP contribution in [0.3, 0.4) is 0 Å². The van der Waals surface area contributed by atoms with Crippen molar-refractivity contribution < 1.29 is 40.6 Å². The van der Waals surface area contributed by atoms with Crippen molar-refractivity contribution in [1.82, 2.24) is 9.29 Å². The first kappa shape index (κ1) is 30.9. The lowest BCUT2D eigenvalue weighted by molar-refractivity contribution is -0.138. The van der Waals surface area contributed by atoms with Crippen molar-refractivity contribution in [3.8, 4) is 17.2 Å². The highest BCUT2D eigenvalue weighted by atomic mass is 35.5. The third kappa shape index (κ3) is 7.81. The molecule has 2 N–H and O–H groups in total. The minimum Gasteiger partial charge on any atom is -0.487 e. The van der Waals surface area contributed by atoms with E-state index in [4.69, 9.17) is 20.8 Å². The number of halogens is 4. The molecule has 3 aromatic carbocycles. The highest BCUT2D eigenvalue weighted by molar-refractivity contribution is 7.90. The Morgan fingerprint density at radius 2 is 1.74 bits per heavy atom. The molecule has 0 radical (unpaired) electrons. The van der Waals surface area contributed by atoms with Gasteiger partial charge in [0.05, 0.1) is 11.3 Å². The summed E-state index contributed by atoms with van der Waals surface area (Å²) < 4.78 is 79.1. The lowest BCUT2D eigenvalue weighted by Gasteiger charge is -2.22. The number of hydrogen-bond acceptors (Lipinski definition) is 6. The van der Waals surface area contributed by atoms with Crippen molar-refractivity contribution >= 4 is 33.5 Å². The molecule has 1 heterocycles. The minimum atomic E-state index is -4.45. The van der Waals surface area contributed by atoms with E-state index in [1.54, 1.807) is 44.2 Å². The Morgan fingerprint density at radius 1 is 1.07 bits per heavy atom.